The molecule has 0 spiro atoms. The highest BCUT2D eigenvalue weighted by Gasteiger charge is 2.25. The quantitative estimate of drug-likeness (QED) is 0.908. The van der Waals surface area contributed by atoms with Gasteiger partial charge in [0.15, 0.2) is 0 Å². The summed E-state index contributed by atoms with van der Waals surface area (Å²) in [5.41, 5.74) is 7.20. The van der Waals surface area contributed by atoms with E-state index in [0.717, 1.165) is 17.7 Å². The van der Waals surface area contributed by atoms with Gasteiger partial charge in [0.05, 0.1) is 18.7 Å². The van der Waals surface area contributed by atoms with Crippen LogP contribution in [0.4, 0.5) is 14.7 Å². The van der Waals surface area contributed by atoms with Crippen LogP contribution in [0.2, 0.25) is 0 Å². The summed E-state index contributed by atoms with van der Waals surface area (Å²) in [4.78, 5) is 21.7. The number of rotatable bonds is 2. The van der Waals surface area contributed by atoms with E-state index in [1.807, 2.05) is 0 Å². The zero-order chi connectivity index (χ0) is 15.0. The molecule has 0 unspecified atom stereocenters. The summed E-state index contributed by atoms with van der Waals surface area (Å²) in [6.45, 7) is 0.695. The van der Waals surface area contributed by atoms with E-state index in [9.17, 15) is 13.6 Å². The molecule has 1 amide bonds. The molecule has 2 aromatic rings. The van der Waals surface area contributed by atoms with Crippen molar-refractivity contribution < 1.29 is 13.6 Å². The highest BCUT2D eigenvalue weighted by molar-refractivity contribution is 5.79. The van der Waals surface area contributed by atoms with Crippen molar-refractivity contribution in [2.75, 3.05) is 5.73 Å². The van der Waals surface area contributed by atoms with E-state index in [1.165, 1.54) is 6.07 Å². The average Bonchev–Trinajstić information content (AvgIpc) is 2.85. The molecule has 1 aliphatic rings. The van der Waals surface area contributed by atoms with Gasteiger partial charge in [-0.3, -0.25) is 4.79 Å². The second-order valence-corrected chi connectivity index (χ2v) is 4.86. The number of nitrogens with zero attached hydrogens (tertiary/aromatic N) is 3. The highest BCUT2D eigenvalue weighted by Crippen LogP contribution is 2.22. The number of anilines is 1. The van der Waals surface area contributed by atoms with Crippen LogP contribution in [0.3, 0.4) is 0 Å². The van der Waals surface area contributed by atoms with E-state index >= 15 is 0 Å². The van der Waals surface area contributed by atoms with Crippen molar-refractivity contribution in [3.63, 3.8) is 0 Å². The van der Waals surface area contributed by atoms with Gasteiger partial charge in [0.25, 0.3) is 0 Å². The molecule has 0 radical (unpaired) electrons. The van der Waals surface area contributed by atoms with E-state index in [-0.39, 0.29) is 23.8 Å². The first-order valence-corrected chi connectivity index (χ1v) is 6.35. The van der Waals surface area contributed by atoms with Gasteiger partial charge in [0, 0.05) is 24.4 Å². The lowest BCUT2D eigenvalue weighted by Crippen LogP contribution is -2.27. The zero-order valence-corrected chi connectivity index (χ0v) is 11.0. The fraction of sp³-hybridized carbons (Fsp3) is 0.214. The van der Waals surface area contributed by atoms with Gasteiger partial charge in [-0.1, -0.05) is 6.07 Å². The number of carbonyl (C=O) groups is 1. The van der Waals surface area contributed by atoms with Gasteiger partial charge in [-0.05, 0) is 11.6 Å². The Bertz CT molecular complexity index is 720. The second kappa shape index (κ2) is 5.08. The summed E-state index contributed by atoms with van der Waals surface area (Å²) in [5, 5.41) is 0. The summed E-state index contributed by atoms with van der Waals surface area (Å²) in [6, 6.07) is 3.19. The number of benzene rings is 1. The summed E-state index contributed by atoms with van der Waals surface area (Å²) >= 11 is 0. The van der Waals surface area contributed by atoms with Crippen LogP contribution in [0.25, 0.3) is 0 Å². The minimum atomic E-state index is -0.718. The van der Waals surface area contributed by atoms with Crippen molar-refractivity contribution in [1.82, 2.24) is 14.9 Å². The molecule has 0 fully saturated rings. The number of hydrogen-bond acceptors (Lipinski definition) is 4. The first kappa shape index (κ1) is 13.4. The van der Waals surface area contributed by atoms with Crippen LogP contribution in [-0.2, 0) is 24.3 Å². The molecule has 2 N–H and O–H groups in total. The largest absolute Gasteiger partial charge is 0.368 e. The van der Waals surface area contributed by atoms with Crippen molar-refractivity contribution in [3.8, 4) is 0 Å². The van der Waals surface area contributed by atoms with Crippen LogP contribution in [0.5, 0.6) is 0 Å². The third-order valence-corrected chi connectivity index (χ3v) is 3.38. The first-order chi connectivity index (χ1) is 10.0. The van der Waals surface area contributed by atoms with Crippen LogP contribution in [0.15, 0.2) is 24.4 Å². The van der Waals surface area contributed by atoms with Crippen molar-refractivity contribution in [2.45, 2.75) is 19.5 Å². The maximum Gasteiger partial charge on any atom is 0.227 e. The van der Waals surface area contributed by atoms with E-state index in [2.05, 4.69) is 9.97 Å². The molecule has 3 rings (SSSR count). The van der Waals surface area contributed by atoms with Crippen LogP contribution >= 0.6 is 0 Å². The van der Waals surface area contributed by atoms with Crippen molar-refractivity contribution in [3.05, 3.63) is 52.9 Å². The number of amides is 1. The minimum Gasteiger partial charge on any atom is -0.368 e. The van der Waals surface area contributed by atoms with Crippen molar-refractivity contribution >= 4 is 11.9 Å². The fourth-order valence-electron chi connectivity index (χ4n) is 2.28. The predicted molar refractivity (Wildman–Crippen MR) is 70.8 cm³/mol. The Morgan fingerprint density at radius 1 is 1.33 bits per heavy atom. The van der Waals surface area contributed by atoms with E-state index in [4.69, 9.17) is 5.73 Å². The van der Waals surface area contributed by atoms with Gasteiger partial charge >= 0.3 is 0 Å². The van der Waals surface area contributed by atoms with Gasteiger partial charge in [-0.15, -0.1) is 0 Å². The molecular formula is C14H12F2N4O. The average molecular weight is 290 g/mol. The topological polar surface area (TPSA) is 72.1 Å². The van der Waals surface area contributed by atoms with Gasteiger partial charge in [-0.25, -0.2) is 18.7 Å². The standard InChI is InChI=1S/C14H12F2N4O/c15-10-2-1-8(11(16)4-10)3-13(21)20-6-9-5-18-14(17)19-12(9)7-20/h1-2,4-5H,3,6-7H2,(H2,17,18,19). The summed E-state index contributed by atoms with van der Waals surface area (Å²) in [5.74, 6) is -1.48. The maximum absolute atomic E-state index is 13.6. The molecule has 21 heavy (non-hydrogen) atoms. The fourth-order valence-corrected chi connectivity index (χ4v) is 2.28. The molecule has 5 nitrogen and oxygen atoms in total. The zero-order valence-electron chi connectivity index (χ0n) is 11.0. The molecule has 7 heteroatoms. The SMILES string of the molecule is Nc1ncc2c(n1)CN(C(=O)Cc1ccc(F)cc1F)C2. The number of halogens is 2. The second-order valence-electron chi connectivity index (χ2n) is 4.86. The van der Waals surface area contributed by atoms with Crippen LogP contribution < -0.4 is 5.73 Å². The number of nitrogens with two attached hydrogens (primary N) is 1. The van der Waals surface area contributed by atoms with Gasteiger partial charge in [0.2, 0.25) is 11.9 Å². The molecule has 108 valence electrons. The predicted octanol–water partition coefficient (Wildman–Crippen LogP) is 1.42. The lowest BCUT2D eigenvalue weighted by molar-refractivity contribution is -0.131. The number of fused-ring (bicyclic) bond motifs is 1. The minimum absolute atomic E-state index is 0.122. The Hall–Kier alpha value is -2.57. The third-order valence-electron chi connectivity index (χ3n) is 3.38. The maximum atomic E-state index is 13.6. The molecular weight excluding hydrogens is 278 g/mol. The van der Waals surface area contributed by atoms with E-state index in [0.29, 0.717) is 18.8 Å². The summed E-state index contributed by atoms with van der Waals surface area (Å²) in [6.07, 6.45) is 1.46. The first-order valence-electron chi connectivity index (χ1n) is 6.35. The smallest absolute Gasteiger partial charge is 0.227 e. The van der Waals surface area contributed by atoms with Crippen LogP contribution in [-0.4, -0.2) is 20.8 Å². The highest BCUT2D eigenvalue weighted by atomic mass is 19.1. The monoisotopic (exact) mass is 290 g/mol. The molecule has 1 aromatic carbocycles. The lowest BCUT2D eigenvalue weighted by atomic mass is 10.1. The van der Waals surface area contributed by atoms with Crippen molar-refractivity contribution in [1.29, 1.82) is 0 Å². The Morgan fingerprint density at radius 3 is 2.90 bits per heavy atom. The summed E-state index contributed by atoms with van der Waals surface area (Å²) in [7, 11) is 0. The Labute approximate surface area is 119 Å². The molecule has 0 aliphatic carbocycles. The number of aromatic nitrogens is 2. The molecule has 0 saturated carbocycles. The van der Waals surface area contributed by atoms with Crippen LogP contribution in [0.1, 0.15) is 16.8 Å². The normalized spacial score (nSPS) is 13.3. The van der Waals surface area contributed by atoms with Crippen molar-refractivity contribution in [2.24, 2.45) is 0 Å². The van der Waals surface area contributed by atoms with Gasteiger partial charge in [-0.2, -0.15) is 0 Å². The lowest BCUT2D eigenvalue weighted by Gasteiger charge is -2.15. The van der Waals surface area contributed by atoms with Gasteiger partial charge < -0.3 is 10.6 Å². The number of hydrogen-bond donors (Lipinski definition) is 1. The molecule has 1 aromatic heterocycles. The summed E-state index contributed by atoms with van der Waals surface area (Å²) < 4.78 is 26.4. The molecule has 0 saturated heterocycles. The Balaban J connectivity index is 1.73. The number of nitrogen functional groups attached to an aromatic ring is 1. The molecule has 2 heterocycles. The van der Waals surface area contributed by atoms with E-state index in [1.54, 1.807) is 11.1 Å². The molecule has 1 aliphatic heterocycles. The van der Waals surface area contributed by atoms with Gasteiger partial charge in [0.1, 0.15) is 11.6 Å². The van der Waals surface area contributed by atoms with Crippen LogP contribution in [0, 0.1) is 11.6 Å². The molecule has 0 bridgehead atoms. The third kappa shape index (κ3) is 2.67. The molecule has 0 atom stereocenters. The van der Waals surface area contributed by atoms with E-state index < -0.39 is 11.6 Å². The Morgan fingerprint density at radius 2 is 2.14 bits per heavy atom. The Kier molecular flexibility index (Phi) is 3.25. The number of carbonyl (C=O) groups excluding carboxylic acids is 1.